The molecule has 1 aliphatic heterocycles. The van der Waals surface area contributed by atoms with E-state index in [9.17, 15) is 14.0 Å². The van der Waals surface area contributed by atoms with Crippen LogP contribution in [0, 0.1) is 5.82 Å². The number of fused-ring (bicyclic) bond motifs is 1. The minimum atomic E-state index is -0.762. The maximum absolute atomic E-state index is 13.5. The summed E-state index contributed by atoms with van der Waals surface area (Å²) >= 11 is 0. The highest BCUT2D eigenvalue weighted by Gasteiger charge is 2.29. The van der Waals surface area contributed by atoms with Gasteiger partial charge in [0.05, 0.1) is 24.8 Å². The average molecular weight is 267 g/mol. The van der Waals surface area contributed by atoms with Crippen LogP contribution in [0.25, 0.3) is 0 Å². The summed E-state index contributed by atoms with van der Waals surface area (Å²) in [5.74, 6) is -1.01. The maximum Gasteiger partial charge on any atom is 0.407 e. The Morgan fingerprint density at radius 1 is 1.58 bits per heavy atom. The van der Waals surface area contributed by atoms with E-state index in [1.54, 1.807) is 6.92 Å². The Labute approximate surface area is 109 Å². The molecule has 0 spiro atoms. The van der Waals surface area contributed by atoms with Crippen molar-refractivity contribution in [2.45, 2.75) is 19.4 Å². The molecule has 0 saturated heterocycles. The SMILES string of the molecule is CCOC(=O)NC1CCOc2c(F)cccc2C1=O. The molecule has 2 rings (SSSR count). The first-order chi connectivity index (χ1) is 9.13. The molecule has 0 aromatic heterocycles. The van der Waals surface area contributed by atoms with Crippen molar-refractivity contribution in [2.24, 2.45) is 0 Å². The number of alkyl carbamates (subject to hydrolysis) is 1. The van der Waals surface area contributed by atoms with E-state index < -0.39 is 18.0 Å². The molecular weight excluding hydrogens is 253 g/mol. The lowest BCUT2D eigenvalue weighted by atomic mass is 10.0. The van der Waals surface area contributed by atoms with Gasteiger partial charge in [-0.05, 0) is 19.1 Å². The van der Waals surface area contributed by atoms with Crippen LogP contribution in [0.15, 0.2) is 18.2 Å². The number of hydrogen-bond acceptors (Lipinski definition) is 4. The van der Waals surface area contributed by atoms with Crippen LogP contribution in [0.1, 0.15) is 23.7 Å². The van der Waals surface area contributed by atoms with E-state index in [0.29, 0.717) is 0 Å². The van der Waals surface area contributed by atoms with E-state index in [1.807, 2.05) is 0 Å². The summed E-state index contributed by atoms with van der Waals surface area (Å²) < 4.78 is 23.5. The molecule has 0 aliphatic carbocycles. The quantitative estimate of drug-likeness (QED) is 0.889. The fourth-order valence-corrected chi connectivity index (χ4v) is 1.90. The molecule has 102 valence electrons. The highest BCUT2D eigenvalue weighted by atomic mass is 19.1. The van der Waals surface area contributed by atoms with Crippen molar-refractivity contribution in [3.05, 3.63) is 29.6 Å². The van der Waals surface area contributed by atoms with Gasteiger partial charge in [0.25, 0.3) is 0 Å². The van der Waals surface area contributed by atoms with Crippen LogP contribution in [0.4, 0.5) is 9.18 Å². The molecular formula is C13H14FNO4. The topological polar surface area (TPSA) is 64.6 Å². The van der Waals surface area contributed by atoms with E-state index in [4.69, 9.17) is 9.47 Å². The largest absolute Gasteiger partial charge is 0.490 e. The molecule has 1 atom stereocenters. The molecule has 5 nitrogen and oxygen atoms in total. The number of nitrogens with one attached hydrogen (secondary N) is 1. The van der Waals surface area contributed by atoms with Gasteiger partial charge in [-0.3, -0.25) is 4.79 Å². The average Bonchev–Trinajstić information content (AvgIpc) is 2.53. The van der Waals surface area contributed by atoms with E-state index in [0.717, 1.165) is 0 Å². The first-order valence-electron chi connectivity index (χ1n) is 6.02. The monoisotopic (exact) mass is 267 g/mol. The Morgan fingerprint density at radius 2 is 2.37 bits per heavy atom. The van der Waals surface area contributed by atoms with Crippen molar-refractivity contribution in [1.29, 1.82) is 0 Å². The highest BCUT2D eigenvalue weighted by Crippen LogP contribution is 2.27. The Bertz CT molecular complexity index is 503. The van der Waals surface area contributed by atoms with Gasteiger partial charge >= 0.3 is 6.09 Å². The lowest BCUT2D eigenvalue weighted by Crippen LogP contribution is -2.41. The van der Waals surface area contributed by atoms with Crippen LogP contribution in [0.5, 0.6) is 5.75 Å². The third-order valence-corrected chi connectivity index (χ3v) is 2.77. The second-order valence-electron chi connectivity index (χ2n) is 4.04. The second kappa shape index (κ2) is 5.69. The molecule has 1 amide bonds. The zero-order valence-corrected chi connectivity index (χ0v) is 10.4. The summed E-state index contributed by atoms with van der Waals surface area (Å²) in [6.45, 7) is 2.04. The Morgan fingerprint density at radius 3 is 3.11 bits per heavy atom. The minimum absolute atomic E-state index is 0.0549. The number of para-hydroxylation sites is 1. The lowest BCUT2D eigenvalue weighted by Gasteiger charge is -2.14. The van der Waals surface area contributed by atoms with E-state index in [1.165, 1.54) is 18.2 Å². The highest BCUT2D eigenvalue weighted by molar-refractivity contribution is 6.03. The predicted octanol–water partition coefficient (Wildman–Crippen LogP) is 1.91. The van der Waals surface area contributed by atoms with E-state index in [-0.39, 0.29) is 36.7 Å². The van der Waals surface area contributed by atoms with Gasteiger partial charge in [-0.1, -0.05) is 6.07 Å². The van der Waals surface area contributed by atoms with Crippen molar-refractivity contribution >= 4 is 11.9 Å². The smallest absolute Gasteiger partial charge is 0.407 e. The summed E-state index contributed by atoms with van der Waals surface area (Å²) in [5, 5.41) is 2.46. The number of Topliss-reactive ketones (excluding diaryl/α,β-unsaturated/α-hetero) is 1. The molecule has 6 heteroatoms. The Kier molecular flexibility index (Phi) is 3.99. The third kappa shape index (κ3) is 2.83. The van der Waals surface area contributed by atoms with Gasteiger partial charge in [0, 0.05) is 6.42 Å². The number of carbonyl (C=O) groups excluding carboxylic acids is 2. The molecule has 0 bridgehead atoms. The number of amides is 1. The zero-order valence-electron chi connectivity index (χ0n) is 10.4. The van der Waals surface area contributed by atoms with Crippen LogP contribution in [0.3, 0.4) is 0 Å². The van der Waals surface area contributed by atoms with Gasteiger partial charge in [-0.25, -0.2) is 9.18 Å². The number of hydrogen-bond donors (Lipinski definition) is 1. The van der Waals surface area contributed by atoms with Crippen LogP contribution in [-0.4, -0.2) is 31.1 Å². The third-order valence-electron chi connectivity index (χ3n) is 2.77. The standard InChI is InChI=1S/C13H14FNO4/c1-2-18-13(17)15-10-6-7-19-12-8(11(10)16)4-3-5-9(12)14/h3-5,10H,2,6-7H2,1H3,(H,15,17). The number of rotatable bonds is 2. The first kappa shape index (κ1) is 13.3. The molecule has 0 radical (unpaired) electrons. The maximum atomic E-state index is 13.5. The van der Waals surface area contributed by atoms with Gasteiger partial charge in [-0.15, -0.1) is 0 Å². The molecule has 1 aromatic carbocycles. The van der Waals surface area contributed by atoms with Gasteiger partial charge in [0.2, 0.25) is 0 Å². The minimum Gasteiger partial charge on any atom is -0.490 e. The first-order valence-corrected chi connectivity index (χ1v) is 6.02. The van der Waals surface area contributed by atoms with E-state index in [2.05, 4.69) is 5.32 Å². The number of carbonyl (C=O) groups is 2. The molecule has 0 saturated carbocycles. The molecule has 0 fully saturated rings. The fraction of sp³-hybridized carbons (Fsp3) is 0.385. The summed E-state index contributed by atoms with van der Waals surface area (Å²) in [6, 6.07) is 3.38. The van der Waals surface area contributed by atoms with Crippen LogP contribution in [0.2, 0.25) is 0 Å². The number of benzene rings is 1. The van der Waals surface area contributed by atoms with Crippen molar-refractivity contribution in [1.82, 2.24) is 5.32 Å². The molecule has 1 heterocycles. The van der Waals surface area contributed by atoms with Gasteiger partial charge in [0.15, 0.2) is 17.3 Å². The van der Waals surface area contributed by atoms with Crippen molar-refractivity contribution in [2.75, 3.05) is 13.2 Å². The molecule has 1 N–H and O–H groups in total. The number of ether oxygens (including phenoxy) is 2. The van der Waals surface area contributed by atoms with Gasteiger partial charge in [-0.2, -0.15) is 0 Å². The molecule has 1 aliphatic rings. The zero-order chi connectivity index (χ0) is 13.8. The van der Waals surface area contributed by atoms with Crippen molar-refractivity contribution in [3.63, 3.8) is 0 Å². The Hall–Kier alpha value is -2.11. The Balaban J connectivity index is 2.21. The van der Waals surface area contributed by atoms with Crippen LogP contribution < -0.4 is 10.1 Å². The van der Waals surface area contributed by atoms with Crippen molar-refractivity contribution < 1.29 is 23.5 Å². The fourth-order valence-electron chi connectivity index (χ4n) is 1.90. The molecule has 1 unspecified atom stereocenters. The van der Waals surface area contributed by atoms with Crippen LogP contribution in [-0.2, 0) is 4.74 Å². The van der Waals surface area contributed by atoms with Crippen LogP contribution >= 0.6 is 0 Å². The van der Waals surface area contributed by atoms with Gasteiger partial charge < -0.3 is 14.8 Å². The van der Waals surface area contributed by atoms with E-state index >= 15 is 0 Å². The molecule has 1 aromatic rings. The summed E-state index contributed by atoms with van der Waals surface area (Å²) in [5.41, 5.74) is 0.138. The number of ketones is 1. The predicted molar refractivity (Wildman–Crippen MR) is 64.8 cm³/mol. The summed E-state index contributed by atoms with van der Waals surface area (Å²) in [4.78, 5) is 23.6. The number of halogens is 1. The lowest BCUT2D eigenvalue weighted by molar-refractivity contribution is 0.0921. The normalized spacial score (nSPS) is 18.0. The summed E-state index contributed by atoms with van der Waals surface area (Å²) in [7, 11) is 0. The molecule has 19 heavy (non-hydrogen) atoms. The van der Waals surface area contributed by atoms with Crippen molar-refractivity contribution in [3.8, 4) is 5.75 Å². The second-order valence-corrected chi connectivity index (χ2v) is 4.04. The summed E-state index contributed by atoms with van der Waals surface area (Å²) in [6.07, 6.45) is -0.396. The van der Waals surface area contributed by atoms with Gasteiger partial charge in [0.1, 0.15) is 0 Å².